The first-order chi connectivity index (χ1) is 17.2. The summed E-state index contributed by atoms with van der Waals surface area (Å²) in [7, 11) is 2.07. The van der Waals surface area contributed by atoms with E-state index >= 15 is 0 Å². The van der Waals surface area contributed by atoms with Gasteiger partial charge in [0.25, 0.3) is 0 Å². The molecular weight excluding hydrogens is 479 g/mol. The van der Waals surface area contributed by atoms with Crippen LogP contribution in [0.5, 0.6) is 0 Å². The Morgan fingerprint density at radius 2 is 1.94 bits per heavy atom. The van der Waals surface area contributed by atoms with Crippen molar-refractivity contribution in [3.63, 3.8) is 0 Å². The first-order valence-corrected chi connectivity index (χ1v) is 12.1. The predicted octanol–water partition coefficient (Wildman–Crippen LogP) is 2.46. The zero-order valence-corrected chi connectivity index (χ0v) is 20.5. The van der Waals surface area contributed by atoms with Crippen LogP contribution < -0.4 is 10.6 Å². The second-order valence-electron chi connectivity index (χ2n) is 9.13. The van der Waals surface area contributed by atoms with Gasteiger partial charge in [0.1, 0.15) is 23.7 Å². The number of rotatable bonds is 8. The van der Waals surface area contributed by atoms with Crippen LogP contribution in [0.15, 0.2) is 6.20 Å². The number of aromatic nitrogens is 5. The highest BCUT2D eigenvalue weighted by Crippen LogP contribution is 2.34. The maximum Gasteiger partial charge on any atom is 0.421 e. The number of alkyl halides is 3. The molecule has 4 rings (SSSR count). The molecule has 11 nitrogen and oxygen atoms in total. The van der Waals surface area contributed by atoms with Crippen LogP contribution in [0.2, 0.25) is 0 Å². The Morgan fingerprint density at radius 3 is 2.69 bits per heavy atom. The van der Waals surface area contributed by atoms with Crippen molar-refractivity contribution >= 4 is 23.5 Å². The molecule has 14 heteroatoms. The summed E-state index contributed by atoms with van der Waals surface area (Å²) in [5, 5.41) is 14.7. The number of ether oxygens (including phenoxy) is 1. The fourth-order valence-corrected chi connectivity index (χ4v) is 4.24. The molecule has 0 aromatic carbocycles. The maximum absolute atomic E-state index is 13.6. The van der Waals surface area contributed by atoms with Crippen LogP contribution in [0.3, 0.4) is 0 Å². The average Bonchev–Trinajstić information content (AvgIpc) is 3.06. The molecular formula is C22H32F3N9O2. The maximum atomic E-state index is 13.6. The Labute approximate surface area is 207 Å². The van der Waals surface area contributed by atoms with Crippen LogP contribution in [-0.2, 0) is 15.7 Å². The number of carbonyl (C=O) groups excluding carboxylic acids is 1. The minimum absolute atomic E-state index is 0.0103. The number of hydrogen-bond acceptors (Lipinski definition) is 9. The van der Waals surface area contributed by atoms with Gasteiger partial charge in [-0.1, -0.05) is 0 Å². The van der Waals surface area contributed by atoms with Crippen molar-refractivity contribution in [1.82, 2.24) is 34.8 Å². The van der Waals surface area contributed by atoms with Gasteiger partial charge in [-0.25, -0.2) is 4.98 Å². The summed E-state index contributed by atoms with van der Waals surface area (Å²) in [6, 6.07) is 0.170. The van der Waals surface area contributed by atoms with Crippen LogP contribution in [0.1, 0.15) is 43.0 Å². The van der Waals surface area contributed by atoms with Crippen LogP contribution >= 0.6 is 0 Å². The normalized spacial score (nSPS) is 18.4. The second kappa shape index (κ2) is 11.4. The molecule has 2 fully saturated rings. The molecule has 4 heterocycles. The van der Waals surface area contributed by atoms with Crippen molar-refractivity contribution in [2.45, 2.75) is 44.8 Å². The number of amides is 1. The number of likely N-dealkylation sites (tertiary alicyclic amines) is 1. The summed E-state index contributed by atoms with van der Waals surface area (Å²) in [6.45, 7) is 5.44. The number of aryl methyl sites for hydroxylation is 1. The second-order valence-corrected chi connectivity index (χ2v) is 9.13. The molecule has 2 saturated heterocycles. The summed E-state index contributed by atoms with van der Waals surface area (Å²) < 4.78 is 45.9. The van der Waals surface area contributed by atoms with E-state index in [4.69, 9.17) is 4.74 Å². The van der Waals surface area contributed by atoms with E-state index < -0.39 is 11.7 Å². The minimum Gasteiger partial charge on any atom is -0.372 e. The zero-order valence-electron chi connectivity index (χ0n) is 20.5. The van der Waals surface area contributed by atoms with E-state index in [1.54, 1.807) is 16.6 Å². The van der Waals surface area contributed by atoms with Crippen molar-refractivity contribution in [2.24, 2.45) is 0 Å². The third-order valence-electron chi connectivity index (χ3n) is 6.33. The molecule has 36 heavy (non-hydrogen) atoms. The Bertz CT molecular complexity index is 1040. The summed E-state index contributed by atoms with van der Waals surface area (Å²) in [5.74, 6) is -0.0445. The van der Waals surface area contributed by atoms with Gasteiger partial charge in [-0.05, 0) is 52.7 Å². The molecule has 2 aliphatic rings. The smallest absolute Gasteiger partial charge is 0.372 e. The number of piperidine rings is 1. The van der Waals surface area contributed by atoms with Crippen LogP contribution in [0.25, 0.3) is 0 Å². The molecule has 2 aromatic heterocycles. The summed E-state index contributed by atoms with van der Waals surface area (Å²) >= 11 is 0. The van der Waals surface area contributed by atoms with Crippen LogP contribution in [0, 0.1) is 6.92 Å². The third-order valence-corrected chi connectivity index (χ3v) is 6.33. The molecule has 0 atom stereocenters. The van der Waals surface area contributed by atoms with E-state index in [2.05, 4.69) is 42.7 Å². The number of hydrogen-bond donors (Lipinski definition) is 2. The Kier molecular flexibility index (Phi) is 8.24. The fraction of sp³-hybridized carbons (Fsp3) is 0.682. The van der Waals surface area contributed by atoms with E-state index in [0.29, 0.717) is 37.6 Å². The number of halogens is 3. The summed E-state index contributed by atoms with van der Waals surface area (Å²) in [6.07, 6.45) is -0.827. The lowest BCUT2D eigenvalue weighted by molar-refractivity contribution is -0.137. The van der Waals surface area contributed by atoms with Crippen molar-refractivity contribution in [2.75, 3.05) is 63.6 Å². The highest BCUT2D eigenvalue weighted by Gasteiger charge is 2.35. The number of nitrogens with zero attached hydrogens (tertiary/aromatic N) is 7. The van der Waals surface area contributed by atoms with Gasteiger partial charge < -0.3 is 25.2 Å². The SMILES string of the molecule is Cc1nn(C2CCN(C)CC2)nc1Nc1ncc(C(F)(F)F)c(NCCCN2CCCOCC2=O)n1. The molecule has 2 aliphatic heterocycles. The van der Waals surface area contributed by atoms with Gasteiger partial charge in [0.15, 0.2) is 5.82 Å². The molecule has 0 unspecified atom stereocenters. The summed E-state index contributed by atoms with van der Waals surface area (Å²) in [5.41, 5.74) is -0.350. The minimum atomic E-state index is -4.62. The zero-order chi connectivity index (χ0) is 25.7. The molecule has 0 spiro atoms. The van der Waals surface area contributed by atoms with Crippen molar-refractivity contribution in [3.8, 4) is 0 Å². The lowest BCUT2D eigenvalue weighted by Gasteiger charge is -2.28. The van der Waals surface area contributed by atoms with Gasteiger partial charge in [-0.2, -0.15) is 28.1 Å². The lowest BCUT2D eigenvalue weighted by Crippen LogP contribution is -2.34. The van der Waals surface area contributed by atoms with Crippen LogP contribution in [-0.4, -0.2) is 93.7 Å². The molecule has 198 valence electrons. The molecule has 0 aliphatic carbocycles. The molecule has 0 radical (unpaired) electrons. The number of nitrogens with one attached hydrogen (secondary N) is 2. The Balaban J connectivity index is 1.41. The van der Waals surface area contributed by atoms with Gasteiger partial charge in [-0.3, -0.25) is 4.79 Å². The largest absolute Gasteiger partial charge is 0.421 e. The first kappa shape index (κ1) is 26.1. The van der Waals surface area contributed by atoms with E-state index in [1.165, 1.54) is 0 Å². The quantitative estimate of drug-likeness (QED) is 0.516. The van der Waals surface area contributed by atoms with E-state index in [0.717, 1.165) is 38.5 Å². The standard InChI is InChI=1S/C22H32F3N9O2/c1-15-19(31-34(30-15)16-5-10-32(2)11-6-16)28-21-27-13-17(22(23,24)25)20(29-21)26-7-3-8-33-9-4-12-36-14-18(33)35/h13,16H,3-12,14H2,1-2H3,(H2,26,27,28,29,31). The van der Waals surface area contributed by atoms with Crippen molar-refractivity contribution in [1.29, 1.82) is 0 Å². The van der Waals surface area contributed by atoms with E-state index in [-0.39, 0.29) is 36.9 Å². The average molecular weight is 512 g/mol. The Hall–Kier alpha value is -3.00. The van der Waals surface area contributed by atoms with Crippen LogP contribution in [0.4, 0.5) is 30.8 Å². The Morgan fingerprint density at radius 1 is 1.17 bits per heavy atom. The fourth-order valence-electron chi connectivity index (χ4n) is 4.24. The van der Waals surface area contributed by atoms with Gasteiger partial charge in [0, 0.05) is 32.4 Å². The molecule has 2 N–H and O–H groups in total. The molecule has 0 bridgehead atoms. The molecule has 1 amide bonds. The highest BCUT2D eigenvalue weighted by molar-refractivity contribution is 5.77. The predicted molar refractivity (Wildman–Crippen MR) is 126 cm³/mol. The van der Waals surface area contributed by atoms with E-state index in [1.807, 2.05) is 0 Å². The van der Waals surface area contributed by atoms with Gasteiger partial charge >= 0.3 is 6.18 Å². The number of carbonyl (C=O) groups is 1. The van der Waals surface area contributed by atoms with Gasteiger partial charge in [-0.15, -0.1) is 5.10 Å². The molecule has 0 saturated carbocycles. The first-order valence-electron chi connectivity index (χ1n) is 12.1. The molecule has 2 aromatic rings. The van der Waals surface area contributed by atoms with Gasteiger partial charge in [0.2, 0.25) is 11.9 Å². The van der Waals surface area contributed by atoms with Crippen molar-refractivity contribution in [3.05, 3.63) is 17.5 Å². The third kappa shape index (κ3) is 6.60. The highest BCUT2D eigenvalue weighted by atomic mass is 19.4. The van der Waals surface area contributed by atoms with E-state index in [9.17, 15) is 18.0 Å². The van der Waals surface area contributed by atoms with Crippen molar-refractivity contribution < 1.29 is 22.7 Å². The summed E-state index contributed by atoms with van der Waals surface area (Å²) in [4.78, 5) is 25.5. The lowest BCUT2D eigenvalue weighted by atomic mass is 10.1. The number of anilines is 3. The van der Waals surface area contributed by atoms with Gasteiger partial charge in [0.05, 0.1) is 6.04 Å². The topological polar surface area (TPSA) is 113 Å². The monoisotopic (exact) mass is 511 g/mol.